The van der Waals surface area contributed by atoms with Gasteiger partial charge in [0.25, 0.3) is 0 Å². The second-order valence-corrected chi connectivity index (χ2v) is 6.83. The van der Waals surface area contributed by atoms with E-state index >= 15 is 0 Å². The van der Waals surface area contributed by atoms with Gasteiger partial charge in [-0.25, -0.2) is 13.6 Å². The van der Waals surface area contributed by atoms with E-state index in [2.05, 4.69) is 11.4 Å². The zero-order chi connectivity index (χ0) is 16.3. The molecule has 0 saturated carbocycles. The SMILES string of the molecule is N#CC(Nc1ccc(S(N)(=O)=O)cc1)c1ccc(Cl)c(Cl)c1. The highest BCUT2D eigenvalue weighted by molar-refractivity contribution is 7.89. The van der Waals surface area contributed by atoms with Crippen LogP contribution in [-0.2, 0) is 10.0 Å². The molecule has 1 atom stereocenters. The molecule has 5 nitrogen and oxygen atoms in total. The van der Waals surface area contributed by atoms with Crippen molar-refractivity contribution < 1.29 is 8.42 Å². The maximum absolute atomic E-state index is 11.2. The van der Waals surface area contributed by atoms with E-state index in [9.17, 15) is 13.7 Å². The van der Waals surface area contributed by atoms with Crippen molar-refractivity contribution in [2.24, 2.45) is 5.14 Å². The number of nitrogens with two attached hydrogens (primary N) is 1. The third-order valence-corrected chi connectivity index (χ3v) is 4.57. The number of sulfonamides is 1. The Morgan fingerprint density at radius 1 is 1.09 bits per heavy atom. The van der Waals surface area contributed by atoms with Crippen LogP contribution in [0.2, 0.25) is 10.0 Å². The molecule has 1 unspecified atom stereocenters. The Kier molecular flexibility index (Phi) is 4.94. The molecular formula is C14H11Cl2N3O2S. The molecule has 8 heteroatoms. The van der Waals surface area contributed by atoms with Crippen LogP contribution in [0, 0.1) is 11.3 Å². The van der Waals surface area contributed by atoms with Gasteiger partial charge in [0.15, 0.2) is 0 Å². The predicted molar refractivity (Wildman–Crippen MR) is 86.3 cm³/mol. The molecule has 2 aromatic rings. The van der Waals surface area contributed by atoms with Crippen molar-refractivity contribution in [2.75, 3.05) is 5.32 Å². The minimum Gasteiger partial charge on any atom is -0.366 e. The van der Waals surface area contributed by atoms with Gasteiger partial charge in [-0.2, -0.15) is 5.26 Å². The Morgan fingerprint density at radius 3 is 2.23 bits per heavy atom. The number of benzene rings is 2. The van der Waals surface area contributed by atoms with Crippen LogP contribution in [0.15, 0.2) is 47.4 Å². The number of primary sulfonamides is 1. The summed E-state index contributed by atoms with van der Waals surface area (Å²) in [5.41, 5.74) is 1.22. The lowest BCUT2D eigenvalue weighted by molar-refractivity contribution is 0.598. The quantitative estimate of drug-likeness (QED) is 0.878. The first-order valence-corrected chi connectivity index (χ1v) is 8.35. The molecule has 0 aliphatic rings. The van der Waals surface area contributed by atoms with Gasteiger partial charge < -0.3 is 5.32 Å². The molecule has 0 saturated heterocycles. The van der Waals surface area contributed by atoms with Crippen molar-refractivity contribution in [3.63, 3.8) is 0 Å². The lowest BCUT2D eigenvalue weighted by atomic mass is 10.1. The summed E-state index contributed by atoms with van der Waals surface area (Å²) in [6, 6.07) is 12.1. The normalized spacial score (nSPS) is 12.5. The molecule has 0 radical (unpaired) electrons. The number of nitrogens with one attached hydrogen (secondary N) is 1. The smallest absolute Gasteiger partial charge is 0.238 e. The van der Waals surface area contributed by atoms with Crippen LogP contribution < -0.4 is 10.5 Å². The van der Waals surface area contributed by atoms with Crippen LogP contribution >= 0.6 is 23.2 Å². The van der Waals surface area contributed by atoms with E-state index in [1.807, 2.05) is 0 Å². The van der Waals surface area contributed by atoms with Crippen LogP contribution in [0.1, 0.15) is 11.6 Å². The molecule has 0 fully saturated rings. The zero-order valence-corrected chi connectivity index (χ0v) is 13.5. The van der Waals surface area contributed by atoms with Gasteiger partial charge in [-0.05, 0) is 42.0 Å². The number of nitriles is 1. The lowest BCUT2D eigenvalue weighted by Gasteiger charge is -2.14. The van der Waals surface area contributed by atoms with Gasteiger partial charge in [0.1, 0.15) is 6.04 Å². The average Bonchev–Trinajstić information content (AvgIpc) is 2.47. The fourth-order valence-electron chi connectivity index (χ4n) is 1.79. The molecule has 114 valence electrons. The largest absolute Gasteiger partial charge is 0.366 e. The minimum atomic E-state index is -3.74. The summed E-state index contributed by atoms with van der Waals surface area (Å²) in [6.07, 6.45) is 0. The molecule has 0 amide bonds. The van der Waals surface area contributed by atoms with Crippen molar-refractivity contribution in [3.8, 4) is 6.07 Å². The second kappa shape index (κ2) is 6.55. The molecule has 0 spiro atoms. The highest BCUT2D eigenvalue weighted by atomic mass is 35.5. The number of anilines is 1. The van der Waals surface area contributed by atoms with Crippen molar-refractivity contribution in [1.29, 1.82) is 5.26 Å². The van der Waals surface area contributed by atoms with E-state index in [0.717, 1.165) is 0 Å². The Bertz CT molecular complexity index is 830. The summed E-state index contributed by atoms with van der Waals surface area (Å²) in [5.74, 6) is 0. The Balaban J connectivity index is 2.24. The molecule has 2 rings (SSSR count). The van der Waals surface area contributed by atoms with Gasteiger partial charge in [-0.1, -0.05) is 29.3 Å². The number of rotatable bonds is 4. The maximum Gasteiger partial charge on any atom is 0.238 e. The summed E-state index contributed by atoms with van der Waals surface area (Å²) in [4.78, 5) is 0.00101. The number of halogens is 2. The van der Waals surface area contributed by atoms with Crippen LogP contribution in [0.5, 0.6) is 0 Å². The summed E-state index contributed by atoms with van der Waals surface area (Å²) < 4.78 is 22.4. The molecule has 0 aromatic heterocycles. The summed E-state index contributed by atoms with van der Waals surface area (Å²) in [6.45, 7) is 0. The maximum atomic E-state index is 11.2. The molecule has 0 aliphatic carbocycles. The van der Waals surface area contributed by atoms with Crippen molar-refractivity contribution in [2.45, 2.75) is 10.9 Å². The Labute approximate surface area is 138 Å². The van der Waals surface area contributed by atoms with Gasteiger partial charge in [0.2, 0.25) is 10.0 Å². The van der Waals surface area contributed by atoms with Crippen molar-refractivity contribution >= 4 is 38.9 Å². The molecule has 2 aromatic carbocycles. The van der Waals surface area contributed by atoms with E-state index in [4.69, 9.17) is 28.3 Å². The average molecular weight is 356 g/mol. The molecule has 3 N–H and O–H groups in total. The van der Waals surface area contributed by atoms with Gasteiger partial charge in [0, 0.05) is 5.69 Å². The standard InChI is InChI=1S/C14H11Cl2N3O2S/c15-12-6-1-9(7-13(12)16)14(8-17)19-10-2-4-11(5-3-10)22(18,20)21/h1-7,14,19H,(H2,18,20,21). The lowest BCUT2D eigenvalue weighted by Crippen LogP contribution is -2.12. The number of hydrogen-bond donors (Lipinski definition) is 2. The van der Waals surface area contributed by atoms with E-state index in [1.54, 1.807) is 18.2 Å². The van der Waals surface area contributed by atoms with Gasteiger partial charge >= 0.3 is 0 Å². The summed E-state index contributed by atoms with van der Waals surface area (Å²) in [7, 11) is -3.74. The third kappa shape index (κ3) is 3.90. The van der Waals surface area contributed by atoms with E-state index in [-0.39, 0.29) is 4.90 Å². The number of nitrogens with zero attached hydrogens (tertiary/aromatic N) is 1. The predicted octanol–water partition coefficient (Wildman–Crippen LogP) is 3.32. The van der Waals surface area contributed by atoms with Crippen LogP contribution in [0.25, 0.3) is 0 Å². The van der Waals surface area contributed by atoms with Crippen molar-refractivity contribution in [1.82, 2.24) is 0 Å². The first-order chi connectivity index (χ1) is 10.3. The molecular weight excluding hydrogens is 345 g/mol. The van der Waals surface area contributed by atoms with Crippen molar-refractivity contribution in [3.05, 3.63) is 58.1 Å². The van der Waals surface area contributed by atoms with E-state index < -0.39 is 16.1 Å². The highest BCUT2D eigenvalue weighted by Gasteiger charge is 2.13. The fraction of sp³-hybridized carbons (Fsp3) is 0.0714. The molecule has 0 aliphatic heterocycles. The highest BCUT2D eigenvalue weighted by Crippen LogP contribution is 2.27. The third-order valence-electron chi connectivity index (χ3n) is 2.90. The van der Waals surface area contributed by atoms with Gasteiger partial charge in [0.05, 0.1) is 21.0 Å². The minimum absolute atomic E-state index is 0.00101. The first-order valence-electron chi connectivity index (χ1n) is 6.05. The van der Waals surface area contributed by atoms with Crippen LogP contribution in [0.4, 0.5) is 5.69 Å². The van der Waals surface area contributed by atoms with Gasteiger partial charge in [-0.3, -0.25) is 0 Å². The Morgan fingerprint density at radius 2 is 1.73 bits per heavy atom. The molecule has 0 bridgehead atoms. The van der Waals surface area contributed by atoms with E-state index in [0.29, 0.717) is 21.3 Å². The topological polar surface area (TPSA) is 96.0 Å². The monoisotopic (exact) mass is 355 g/mol. The fourth-order valence-corrected chi connectivity index (χ4v) is 2.61. The summed E-state index contributed by atoms with van der Waals surface area (Å²) in [5, 5.41) is 18.0. The molecule has 22 heavy (non-hydrogen) atoms. The van der Waals surface area contributed by atoms with E-state index in [1.165, 1.54) is 24.3 Å². The van der Waals surface area contributed by atoms with Gasteiger partial charge in [-0.15, -0.1) is 0 Å². The Hall–Kier alpha value is -1.78. The van der Waals surface area contributed by atoms with Crippen LogP contribution in [0.3, 0.4) is 0 Å². The first kappa shape index (κ1) is 16.6. The number of hydrogen-bond acceptors (Lipinski definition) is 4. The zero-order valence-electron chi connectivity index (χ0n) is 11.1. The molecule has 0 heterocycles. The van der Waals surface area contributed by atoms with Crippen LogP contribution in [-0.4, -0.2) is 8.42 Å². The summed E-state index contributed by atoms with van der Waals surface area (Å²) >= 11 is 11.8. The second-order valence-electron chi connectivity index (χ2n) is 4.45.